The van der Waals surface area contributed by atoms with Crippen LogP contribution in [0.25, 0.3) is 0 Å². The van der Waals surface area contributed by atoms with Crippen LogP contribution in [-0.4, -0.2) is 20.9 Å². The van der Waals surface area contributed by atoms with Gasteiger partial charge in [0.25, 0.3) is 0 Å². The van der Waals surface area contributed by atoms with Crippen molar-refractivity contribution in [3.8, 4) is 5.75 Å². The monoisotopic (exact) mass is 246 g/mol. The van der Waals surface area contributed by atoms with Gasteiger partial charge in [-0.15, -0.1) is 0 Å². The number of carboxylic acid groups (broad SMARTS) is 1. The average Bonchev–Trinajstić information content (AvgIpc) is 2.65. The van der Waals surface area contributed by atoms with Gasteiger partial charge in [0.1, 0.15) is 12.4 Å². The number of aryl methyl sites for hydroxylation is 2. The van der Waals surface area contributed by atoms with E-state index in [1.807, 2.05) is 20.0 Å². The van der Waals surface area contributed by atoms with Crippen molar-refractivity contribution in [3.05, 3.63) is 47.3 Å². The van der Waals surface area contributed by atoms with Gasteiger partial charge in [-0.3, -0.25) is 4.68 Å². The van der Waals surface area contributed by atoms with Crippen molar-refractivity contribution in [1.29, 1.82) is 0 Å². The maximum atomic E-state index is 10.8. The van der Waals surface area contributed by atoms with Crippen molar-refractivity contribution in [2.24, 2.45) is 7.05 Å². The number of ether oxygens (including phenoxy) is 1. The van der Waals surface area contributed by atoms with Crippen LogP contribution in [0.3, 0.4) is 0 Å². The van der Waals surface area contributed by atoms with Crippen LogP contribution in [0.5, 0.6) is 5.75 Å². The molecule has 2 rings (SSSR count). The summed E-state index contributed by atoms with van der Waals surface area (Å²) in [4.78, 5) is 10.8. The van der Waals surface area contributed by atoms with E-state index < -0.39 is 5.97 Å². The predicted molar refractivity (Wildman–Crippen MR) is 65.7 cm³/mol. The molecule has 0 aliphatic heterocycles. The molecule has 0 amide bonds. The first-order chi connectivity index (χ1) is 8.56. The molecular formula is C13H14N2O3. The van der Waals surface area contributed by atoms with Crippen LogP contribution in [-0.2, 0) is 13.7 Å². The third-order valence-corrected chi connectivity index (χ3v) is 2.57. The van der Waals surface area contributed by atoms with Gasteiger partial charge in [-0.25, -0.2) is 4.79 Å². The van der Waals surface area contributed by atoms with Gasteiger partial charge < -0.3 is 9.84 Å². The van der Waals surface area contributed by atoms with Crippen LogP contribution in [0.15, 0.2) is 30.3 Å². The average molecular weight is 246 g/mol. The molecule has 1 aromatic carbocycles. The van der Waals surface area contributed by atoms with Crippen molar-refractivity contribution in [3.63, 3.8) is 0 Å². The molecule has 94 valence electrons. The summed E-state index contributed by atoms with van der Waals surface area (Å²) in [5.74, 6) is -0.425. The Morgan fingerprint density at radius 2 is 2.22 bits per heavy atom. The fourth-order valence-corrected chi connectivity index (χ4v) is 1.68. The van der Waals surface area contributed by atoms with E-state index in [9.17, 15) is 4.79 Å². The van der Waals surface area contributed by atoms with Crippen LogP contribution < -0.4 is 4.74 Å². The Hall–Kier alpha value is -2.30. The Morgan fingerprint density at radius 3 is 2.83 bits per heavy atom. The van der Waals surface area contributed by atoms with Crippen molar-refractivity contribution >= 4 is 5.97 Å². The minimum Gasteiger partial charge on any atom is -0.487 e. The molecule has 1 N–H and O–H groups in total. The molecular weight excluding hydrogens is 232 g/mol. The summed E-state index contributed by atoms with van der Waals surface area (Å²) in [6.07, 6.45) is 0. The number of rotatable bonds is 4. The molecule has 1 heterocycles. The van der Waals surface area contributed by atoms with Crippen LogP contribution in [0.1, 0.15) is 21.7 Å². The number of hydrogen-bond acceptors (Lipinski definition) is 3. The third kappa shape index (κ3) is 2.68. The molecule has 5 heteroatoms. The number of hydrogen-bond donors (Lipinski definition) is 1. The van der Waals surface area contributed by atoms with Gasteiger partial charge in [-0.2, -0.15) is 5.10 Å². The summed E-state index contributed by atoms with van der Waals surface area (Å²) in [7, 11) is 1.85. The summed E-state index contributed by atoms with van der Waals surface area (Å²) in [6.45, 7) is 2.27. The molecule has 1 aromatic heterocycles. The second kappa shape index (κ2) is 4.91. The first-order valence-corrected chi connectivity index (χ1v) is 5.52. The largest absolute Gasteiger partial charge is 0.487 e. The molecule has 0 aliphatic rings. The Balaban J connectivity index is 2.08. The second-order valence-corrected chi connectivity index (χ2v) is 4.02. The molecule has 5 nitrogen and oxygen atoms in total. The fraction of sp³-hybridized carbons (Fsp3) is 0.231. The lowest BCUT2D eigenvalue weighted by Crippen LogP contribution is -2.03. The minimum atomic E-state index is -0.961. The summed E-state index contributed by atoms with van der Waals surface area (Å²) in [5.41, 5.74) is 2.08. The molecule has 0 fully saturated rings. The van der Waals surface area contributed by atoms with Gasteiger partial charge in [-0.05, 0) is 31.2 Å². The van der Waals surface area contributed by atoms with E-state index in [-0.39, 0.29) is 5.56 Å². The zero-order valence-corrected chi connectivity index (χ0v) is 10.3. The zero-order valence-electron chi connectivity index (χ0n) is 10.3. The molecule has 0 unspecified atom stereocenters. The quantitative estimate of drug-likeness (QED) is 0.896. The maximum Gasteiger partial charge on any atom is 0.335 e. The zero-order chi connectivity index (χ0) is 13.1. The highest BCUT2D eigenvalue weighted by atomic mass is 16.5. The lowest BCUT2D eigenvalue weighted by atomic mass is 10.2. The number of nitrogens with zero attached hydrogens (tertiary/aromatic N) is 2. The summed E-state index contributed by atoms with van der Waals surface area (Å²) >= 11 is 0. The summed E-state index contributed by atoms with van der Waals surface area (Å²) in [6, 6.07) is 8.36. The molecule has 0 aliphatic carbocycles. The van der Waals surface area contributed by atoms with E-state index in [2.05, 4.69) is 5.10 Å². The molecule has 0 radical (unpaired) electrons. The molecule has 0 bridgehead atoms. The normalized spacial score (nSPS) is 10.3. The number of carboxylic acids is 1. The van der Waals surface area contributed by atoms with Crippen LogP contribution in [0.2, 0.25) is 0 Å². The molecule has 0 saturated carbocycles. The van der Waals surface area contributed by atoms with Gasteiger partial charge in [0, 0.05) is 7.05 Å². The molecule has 0 saturated heterocycles. The predicted octanol–water partition coefficient (Wildman–Crippen LogP) is 2.01. The number of aromatic carboxylic acids is 1. The third-order valence-electron chi connectivity index (χ3n) is 2.57. The lowest BCUT2D eigenvalue weighted by Gasteiger charge is -2.06. The second-order valence-electron chi connectivity index (χ2n) is 4.02. The highest BCUT2D eigenvalue weighted by Gasteiger charge is 2.06. The Labute approximate surface area is 105 Å². The van der Waals surface area contributed by atoms with Crippen molar-refractivity contribution in [1.82, 2.24) is 9.78 Å². The van der Waals surface area contributed by atoms with E-state index in [0.29, 0.717) is 12.4 Å². The summed E-state index contributed by atoms with van der Waals surface area (Å²) < 4.78 is 7.30. The Bertz CT molecular complexity index is 575. The van der Waals surface area contributed by atoms with Crippen molar-refractivity contribution in [2.45, 2.75) is 13.5 Å². The molecule has 0 atom stereocenters. The SMILES string of the molecule is Cc1cc(COc2cccc(C(=O)O)c2)n(C)n1. The van der Waals surface area contributed by atoms with Gasteiger partial charge in [0.15, 0.2) is 0 Å². The lowest BCUT2D eigenvalue weighted by molar-refractivity contribution is 0.0696. The fourth-order valence-electron chi connectivity index (χ4n) is 1.68. The van der Waals surface area contributed by atoms with E-state index in [1.54, 1.807) is 16.8 Å². The molecule has 0 spiro atoms. The number of aromatic nitrogens is 2. The van der Waals surface area contributed by atoms with E-state index >= 15 is 0 Å². The van der Waals surface area contributed by atoms with Crippen LogP contribution in [0.4, 0.5) is 0 Å². The van der Waals surface area contributed by atoms with Gasteiger partial charge in [0.2, 0.25) is 0 Å². The standard InChI is InChI=1S/C13H14N2O3/c1-9-6-11(15(2)14-9)8-18-12-5-3-4-10(7-12)13(16)17/h3-7H,8H2,1-2H3,(H,16,17). The first-order valence-electron chi connectivity index (χ1n) is 5.52. The van der Waals surface area contributed by atoms with Crippen LogP contribution >= 0.6 is 0 Å². The molecule has 2 aromatic rings. The maximum absolute atomic E-state index is 10.8. The summed E-state index contributed by atoms with van der Waals surface area (Å²) in [5, 5.41) is 13.1. The van der Waals surface area contributed by atoms with E-state index in [1.165, 1.54) is 12.1 Å². The smallest absolute Gasteiger partial charge is 0.335 e. The first kappa shape index (κ1) is 12.2. The molecule has 18 heavy (non-hydrogen) atoms. The highest BCUT2D eigenvalue weighted by Crippen LogP contribution is 2.15. The van der Waals surface area contributed by atoms with Crippen molar-refractivity contribution in [2.75, 3.05) is 0 Å². The minimum absolute atomic E-state index is 0.216. The van der Waals surface area contributed by atoms with Gasteiger partial charge >= 0.3 is 5.97 Å². The highest BCUT2D eigenvalue weighted by molar-refractivity contribution is 5.87. The Morgan fingerprint density at radius 1 is 1.44 bits per heavy atom. The van der Waals surface area contributed by atoms with Crippen LogP contribution in [0, 0.1) is 6.92 Å². The van der Waals surface area contributed by atoms with E-state index in [0.717, 1.165) is 11.4 Å². The van der Waals surface area contributed by atoms with E-state index in [4.69, 9.17) is 9.84 Å². The number of carbonyl (C=O) groups is 1. The van der Waals surface area contributed by atoms with Crippen molar-refractivity contribution < 1.29 is 14.6 Å². The van der Waals surface area contributed by atoms with Gasteiger partial charge in [-0.1, -0.05) is 6.07 Å². The number of benzene rings is 1. The topological polar surface area (TPSA) is 64.3 Å². The Kier molecular flexibility index (Phi) is 3.32. The van der Waals surface area contributed by atoms with Gasteiger partial charge in [0.05, 0.1) is 17.0 Å².